The van der Waals surface area contributed by atoms with Crippen molar-refractivity contribution in [1.29, 1.82) is 5.26 Å². The fourth-order valence-corrected chi connectivity index (χ4v) is 3.85. The number of benzene rings is 3. The lowest BCUT2D eigenvalue weighted by molar-refractivity contribution is 0.103. The van der Waals surface area contributed by atoms with Crippen molar-refractivity contribution in [3.63, 3.8) is 0 Å². The van der Waals surface area contributed by atoms with Crippen molar-refractivity contribution in [1.82, 2.24) is 4.98 Å². The minimum atomic E-state index is -0.197. The highest BCUT2D eigenvalue weighted by atomic mass is 16.1. The number of carbonyl (C=O) groups is 2. The topological polar surface area (TPSA) is 70.8 Å². The quantitative estimate of drug-likeness (QED) is 0.391. The maximum absolute atomic E-state index is 13.6. The summed E-state index contributed by atoms with van der Waals surface area (Å²) in [5, 5.41) is 9.13. The van der Waals surface area contributed by atoms with E-state index in [0.717, 1.165) is 0 Å². The molecule has 0 unspecified atom stereocenters. The van der Waals surface area contributed by atoms with Crippen molar-refractivity contribution in [3.05, 3.63) is 124 Å². The Labute approximate surface area is 186 Å². The van der Waals surface area contributed by atoms with Crippen LogP contribution in [-0.4, -0.2) is 16.6 Å². The van der Waals surface area contributed by atoms with Crippen molar-refractivity contribution in [2.75, 3.05) is 0 Å². The third-order valence-corrected chi connectivity index (χ3v) is 5.44. The third-order valence-electron chi connectivity index (χ3n) is 5.44. The fourth-order valence-electron chi connectivity index (χ4n) is 3.85. The molecule has 4 aromatic rings. The third kappa shape index (κ3) is 3.84. The Hall–Kier alpha value is -4.36. The molecule has 1 heterocycles. The van der Waals surface area contributed by atoms with Crippen LogP contribution in [0.25, 0.3) is 11.3 Å². The van der Waals surface area contributed by atoms with Crippen LogP contribution in [0.4, 0.5) is 0 Å². The minimum Gasteiger partial charge on any atom is -0.289 e. The van der Waals surface area contributed by atoms with Crippen molar-refractivity contribution in [2.24, 2.45) is 0 Å². The van der Waals surface area contributed by atoms with E-state index in [2.05, 4.69) is 6.07 Å². The number of nitriles is 1. The first-order chi connectivity index (χ1) is 15.5. The first kappa shape index (κ1) is 20.9. The van der Waals surface area contributed by atoms with E-state index in [-0.39, 0.29) is 11.6 Å². The summed E-state index contributed by atoms with van der Waals surface area (Å²) in [4.78, 5) is 31.7. The highest BCUT2D eigenvalue weighted by Gasteiger charge is 2.26. The molecule has 154 valence electrons. The Morgan fingerprint density at radius 2 is 1.22 bits per heavy atom. The molecular weight excluding hydrogens is 396 g/mol. The van der Waals surface area contributed by atoms with E-state index >= 15 is 0 Å². The SMILES string of the molecule is Cc1nc(-c2ccc(C#N)cc2)c(C(=O)c2ccccc2)c(C)c1C(=O)c1ccccc1. The number of hydrogen-bond donors (Lipinski definition) is 0. The van der Waals surface area contributed by atoms with Gasteiger partial charge in [-0.3, -0.25) is 14.6 Å². The van der Waals surface area contributed by atoms with Gasteiger partial charge in [0.15, 0.2) is 11.6 Å². The van der Waals surface area contributed by atoms with Crippen LogP contribution in [0.3, 0.4) is 0 Å². The number of ketones is 2. The molecule has 0 bridgehead atoms. The normalized spacial score (nSPS) is 10.4. The summed E-state index contributed by atoms with van der Waals surface area (Å²) in [6.45, 7) is 3.58. The smallest absolute Gasteiger partial charge is 0.195 e. The van der Waals surface area contributed by atoms with Gasteiger partial charge in [-0.2, -0.15) is 5.26 Å². The van der Waals surface area contributed by atoms with Gasteiger partial charge in [0, 0.05) is 27.9 Å². The molecule has 0 aliphatic rings. The predicted molar refractivity (Wildman–Crippen MR) is 124 cm³/mol. The van der Waals surface area contributed by atoms with E-state index in [1.54, 1.807) is 62.4 Å². The Bertz CT molecular complexity index is 1350. The van der Waals surface area contributed by atoms with Crippen LogP contribution in [0.5, 0.6) is 0 Å². The van der Waals surface area contributed by atoms with Crippen LogP contribution >= 0.6 is 0 Å². The maximum Gasteiger partial charge on any atom is 0.195 e. The number of hydrogen-bond acceptors (Lipinski definition) is 4. The zero-order valence-electron chi connectivity index (χ0n) is 17.8. The minimum absolute atomic E-state index is 0.165. The van der Waals surface area contributed by atoms with Gasteiger partial charge in [0.1, 0.15) is 0 Å². The molecule has 0 N–H and O–H groups in total. The molecule has 32 heavy (non-hydrogen) atoms. The second-order valence-corrected chi connectivity index (χ2v) is 7.50. The second kappa shape index (κ2) is 8.79. The summed E-state index contributed by atoms with van der Waals surface area (Å²) >= 11 is 0. The van der Waals surface area contributed by atoms with Crippen molar-refractivity contribution >= 4 is 11.6 Å². The molecule has 0 amide bonds. The Morgan fingerprint density at radius 3 is 1.72 bits per heavy atom. The fraction of sp³-hybridized carbons (Fsp3) is 0.0714. The lowest BCUT2D eigenvalue weighted by Crippen LogP contribution is -2.15. The standard InChI is InChI=1S/C28H20N2O2/c1-18-24(27(31)22-9-5-3-6-10-22)19(2)30-26(21-15-13-20(17-29)14-16-21)25(18)28(32)23-11-7-4-8-12-23/h3-16H,1-2H3. The monoisotopic (exact) mass is 416 g/mol. The van der Waals surface area contributed by atoms with Gasteiger partial charge in [-0.1, -0.05) is 72.8 Å². The summed E-state index contributed by atoms with van der Waals surface area (Å²) in [5.41, 5.74) is 4.79. The van der Waals surface area contributed by atoms with Gasteiger partial charge < -0.3 is 0 Å². The zero-order chi connectivity index (χ0) is 22.7. The predicted octanol–water partition coefficient (Wildman–Crippen LogP) is 5.70. The molecule has 0 fully saturated rings. The summed E-state index contributed by atoms with van der Waals surface area (Å²) < 4.78 is 0. The molecule has 3 aromatic carbocycles. The molecule has 0 radical (unpaired) electrons. The number of rotatable bonds is 5. The average molecular weight is 416 g/mol. The highest BCUT2D eigenvalue weighted by Crippen LogP contribution is 2.31. The van der Waals surface area contributed by atoms with E-state index in [1.165, 1.54) is 0 Å². The highest BCUT2D eigenvalue weighted by molar-refractivity contribution is 6.17. The largest absolute Gasteiger partial charge is 0.289 e. The van der Waals surface area contributed by atoms with Gasteiger partial charge in [-0.25, -0.2) is 0 Å². The lowest BCUT2D eigenvalue weighted by atomic mass is 9.88. The Kier molecular flexibility index (Phi) is 5.74. The van der Waals surface area contributed by atoms with Gasteiger partial charge in [-0.15, -0.1) is 0 Å². The van der Waals surface area contributed by atoms with Gasteiger partial charge in [0.05, 0.1) is 22.9 Å². The first-order valence-corrected chi connectivity index (χ1v) is 10.2. The number of aromatic nitrogens is 1. The molecule has 0 aliphatic heterocycles. The summed E-state index contributed by atoms with van der Waals surface area (Å²) in [7, 11) is 0. The Balaban J connectivity index is 1.97. The number of carbonyl (C=O) groups excluding carboxylic acids is 2. The van der Waals surface area contributed by atoms with Gasteiger partial charge in [-0.05, 0) is 31.5 Å². The lowest BCUT2D eigenvalue weighted by Gasteiger charge is -2.17. The van der Waals surface area contributed by atoms with E-state index in [0.29, 0.717) is 50.3 Å². The molecule has 1 aromatic heterocycles. The van der Waals surface area contributed by atoms with Crippen molar-refractivity contribution < 1.29 is 9.59 Å². The van der Waals surface area contributed by atoms with Crippen LogP contribution in [0.15, 0.2) is 84.9 Å². The molecule has 4 rings (SSSR count). The molecule has 4 heteroatoms. The van der Waals surface area contributed by atoms with Gasteiger partial charge in [0.2, 0.25) is 0 Å². The first-order valence-electron chi connectivity index (χ1n) is 10.2. The Morgan fingerprint density at radius 1 is 0.719 bits per heavy atom. The molecule has 0 saturated carbocycles. The molecule has 4 nitrogen and oxygen atoms in total. The van der Waals surface area contributed by atoms with E-state index in [1.807, 2.05) is 36.4 Å². The van der Waals surface area contributed by atoms with Crippen LogP contribution < -0.4 is 0 Å². The van der Waals surface area contributed by atoms with Crippen molar-refractivity contribution in [3.8, 4) is 17.3 Å². The second-order valence-electron chi connectivity index (χ2n) is 7.50. The number of nitrogens with zero attached hydrogens (tertiary/aromatic N) is 2. The van der Waals surface area contributed by atoms with E-state index in [9.17, 15) is 9.59 Å². The van der Waals surface area contributed by atoms with Gasteiger partial charge in [0.25, 0.3) is 0 Å². The van der Waals surface area contributed by atoms with Crippen LogP contribution in [-0.2, 0) is 0 Å². The average Bonchev–Trinajstić information content (AvgIpc) is 2.84. The summed E-state index contributed by atoms with van der Waals surface area (Å²) in [5.74, 6) is -0.362. The molecule has 0 aliphatic carbocycles. The van der Waals surface area contributed by atoms with Crippen LogP contribution in [0.2, 0.25) is 0 Å². The molecule has 0 saturated heterocycles. The van der Waals surface area contributed by atoms with Gasteiger partial charge >= 0.3 is 0 Å². The zero-order valence-corrected chi connectivity index (χ0v) is 17.8. The van der Waals surface area contributed by atoms with Crippen LogP contribution in [0.1, 0.15) is 48.7 Å². The molecule has 0 spiro atoms. The number of aryl methyl sites for hydroxylation is 1. The molecular formula is C28H20N2O2. The van der Waals surface area contributed by atoms with E-state index in [4.69, 9.17) is 10.2 Å². The van der Waals surface area contributed by atoms with E-state index < -0.39 is 0 Å². The van der Waals surface area contributed by atoms with Crippen LogP contribution in [0, 0.1) is 25.2 Å². The maximum atomic E-state index is 13.6. The molecule has 0 atom stereocenters. The summed E-state index contributed by atoms with van der Waals surface area (Å²) in [6, 6.07) is 27.0. The van der Waals surface area contributed by atoms with Crippen molar-refractivity contribution in [2.45, 2.75) is 13.8 Å². The summed E-state index contributed by atoms with van der Waals surface area (Å²) in [6.07, 6.45) is 0. The number of pyridine rings is 1.